The molecular weight excluding hydrogens is 192 g/mol. The molecular formula is C11H24N2S. The lowest BCUT2D eigenvalue weighted by Gasteiger charge is -2.20. The standard InChI is InChI=1S/C11H24N2S/c1-9-10(12-2)5-6-11(9)14-8-7-13(3)4/h9-12H,5-8H2,1-4H3. The third-order valence-corrected chi connectivity index (χ3v) is 4.74. The summed E-state index contributed by atoms with van der Waals surface area (Å²) in [6.07, 6.45) is 2.75. The molecule has 1 rings (SSSR count). The Kier molecular flexibility index (Phi) is 5.28. The fourth-order valence-corrected chi connectivity index (χ4v) is 3.73. The van der Waals surface area contributed by atoms with Crippen LogP contribution in [0.3, 0.4) is 0 Å². The maximum atomic E-state index is 3.42. The molecule has 2 nitrogen and oxygen atoms in total. The van der Waals surface area contributed by atoms with Crippen LogP contribution in [0, 0.1) is 5.92 Å². The molecule has 0 radical (unpaired) electrons. The van der Waals surface area contributed by atoms with Gasteiger partial charge < -0.3 is 10.2 Å². The molecule has 0 spiro atoms. The van der Waals surface area contributed by atoms with Crippen molar-refractivity contribution in [2.75, 3.05) is 33.4 Å². The number of hydrogen-bond donors (Lipinski definition) is 1. The topological polar surface area (TPSA) is 15.3 Å². The molecule has 0 bridgehead atoms. The first kappa shape index (κ1) is 12.3. The van der Waals surface area contributed by atoms with Crippen LogP contribution in [0.25, 0.3) is 0 Å². The fraction of sp³-hybridized carbons (Fsp3) is 1.00. The molecule has 0 aromatic rings. The second-order valence-corrected chi connectivity index (χ2v) is 5.89. The van der Waals surface area contributed by atoms with Crippen molar-refractivity contribution in [1.29, 1.82) is 0 Å². The maximum Gasteiger partial charge on any atom is 0.0101 e. The second-order valence-electron chi connectivity index (χ2n) is 4.54. The average Bonchev–Trinajstić information content (AvgIpc) is 2.47. The van der Waals surface area contributed by atoms with Crippen LogP contribution in [0.5, 0.6) is 0 Å². The van der Waals surface area contributed by atoms with Gasteiger partial charge in [0.15, 0.2) is 0 Å². The van der Waals surface area contributed by atoms with Gasteiger partial charge in [-0.2, -0.15) is 11.8 Å². The van der Waals surface area contributed by atoms with Gasteiger partial charge in [0.1, 0.15) is 0 Å². The zero-order valence-corrected chi connectivity index (χ0v) is 10.7. The summed E-state index contributed by atoms with van der Waals surface area (Å²) >= 11 is 2.16. The highest BCUT2D eigenvalue weighted by molar-refractivity contribution is 7.99. The SMILES string of the molecule is CNC1CCC(SCCN(C)C)C1C. The van der Waals surface area contributed by atoms with E-state index in [0.29, 0.717) is 0 Å². The predicted molar refractivity (Wildman–Crippen MR) is 66.0 cm³/mol. The fourth-order valence-electron chi connectivity index (χ4n) is 2.16. The minimum atomic E-state index is 0.756. The van der Waals surface area contributed by atoms with Crippen LogP contribution in [0.4, 0.5) is 0 Å². The van der Waals surface area contributed by atoms with E-state index >= 15 is 0 Å². The van der Waals surface area contributed by atoms with Gasteiger partial charge in [0, 0.05) is 23.6 Å². The summed E-state index contributed by atoms with van der Waals surface area (Å²) in [5.74, 6) is 2.12. The Morgan fingerprint density at radius 2 is 2.07 bits per heavy atom. The first-order valence-corrected chi connectivity index (χ1v) is 6.63. The Bertz CT molecular complexity index is 161. The van der Waals surface area contributed by atoms with E-state index in [1.165, 1.54) is 25.1 Å². The van der Waals surface area contributed by atoms with E-state index in [4.69, 9.17) is 0 Å². The molecule has 0 aromatic carbocycles. The van der Waals surface area contributed by atoms with Crippen molar-refractivity contribution in [2.45, 2.75) is 31.1 Å². The van der Waals surface area contributed by atoms with Crippen molar-refractivity contribution in [1.82, 2.24) is 10.2 Å². The lowest BCUT2D eigenvalue weighted by Crippen LogP contribution is -2.30. The van der Waals surface area contributed by atoms with E-state index in [2.05, 4.69) is 50.0 Å². The molecule has 1 aliphatic carbocycles. The lowest BCUT2D eigenvalue weighted by atomic mass is 10.1. The highest BCUT2D eigenvalue weighted by Crippen LogP contribution is 2.34. The normalized spacial score (nSPS) is 32.8. The molecule has 0 aromatic heterocycles. The van der Waals surface area contributed by atoms with Crippen molar-refractivity contribution in [2.24, 2.45) is 5.92 Å². The van der Waals surface area contributed by atoms with Crippen LogP contribution in [-0.2, 0) is 0 Å². The van der Waals surface area contributed by atoms with Crippen molar-refractivity contribution < 1.29 is 0 Å². The number of nitrogens with one attached hydrogen (secondary N) is 1. The Balaban J connectivity index is 2.19. The van der Waals surface area contributed by atoms with E-state index in [1.807, 2.05) is 0 Å². The minimum absolute atomic E-state index is 0.756. The summed E-state index contributed by atoms with van der Waals surface area (Å²) in [6.45, 7) is 3.60. The number of thioether (sulfide) groups is 1. The number of nitrogens with zero attached hydrogens (tertiary/aromatic N) is 1. The van der Waals surface area contributed by atoms with Crippen molar-refractivity contribution >= 4 is 11.8 Å². The van der Waals surface area contributed by atoms with Crippen LogP contribution in [0.2, 0.25) is 0 Å². The monoisotopic (exact) mass is 216 g/mol. The summed E-state index contributed by atoms with van der Waals surface area (Å²) in [5, 5.41) is 4.30. The third kappa shape index (κ3) is 3.44. The number of rotatable bonds is 5. The van der Waals surface area contributed by atoms with Crippen molar-refractivity contribution in [3.8, 4) is 0 Å². The molecule has 1 N–H and O–H groups in total. The Morgan fingerprint density at radius 3 is 2.57 bits per heavy atom. The van der Waals surface area contributed by atoms with Gasteiger partial charge in [-0.1, -0.05) is 6.92 Å². The van der Waals surface area contributed by atoms with E-state index < -0.39 is 0 Å². The van der Waals surface area contributed by atoms with E-state index in [1.54, 1.807) is 0 Å². The van der Waals surface area contributed by atoms with Gasteiger partial charge >= 0.3 is 0 Å². The molecule has 0 amide bonds. The van der Waals surface area contributed by atoms with E-state index in [9.17, 15) is 0 Å². The molecule has 0 saturated heterocycles. The van der Waals surface area contributed by atoms with Gasteiger partial charge in [0.2, 0.25) is 0 Å². The molecule has 0 aliphatic heterocycles. The Morgan fingerprint density at radius 1 is 1.36 bits per heavy atom. The molecule has 1 saturated carbocycles. The van der Waals surface area contributed by atoms with Crippen molar-refractivity contribution in [3.63, 3.8) is 0 Å². The van der Waals surface area contributed by atoms with Crippen molar-refractivity contribution in [3.05, 3.63) is 0 Å². The molecule has 3 atom stereocenters. The van der Waals surface area contributed by atoms with Gasteiger partial charge in [-0.05, 0) is 39.9 Å². The average molecular weight is 216 g/mol. The minimum Gasteiger partial charge on any atom is -0.317 e. The third-order valence-electron chi connectivity index (χ3n) is 3.22. The van der Waals surface area contributed by atoms with Crippen LogP contribution >= 0.6 is 11.8 Å². The smallest absolute Gasteiger partial charge is 0.0101 e. The zero-order chi connectivity index (χ0) is 10.6. The summed E-state index contributed by atoms with van der Waals surface area (Å²) < 4.78 is 0. The van der Waals surface area contributed by atoms with Gasteiger partial charge in [-0.3, -0.25) is 0 Å². The predicted octanol–water partition coefficient (Wildman–Crippen LogP) is 1.67. The molecule has 1 fully saturated rings. The van der Waals surface area contributed by atoms with Gasteiger partial charge in [-0.15, -0.1) is 0 Å². The summed E-state index contributed by atoms with van der Waals surface area (Å²) in [4.78, 5) is 2.27. The molecule has 3 heteroatoms. The van der Waals surface area contributed by atoms with E-state index in [-0.39, 0.29) is 0 Å². The molecule has 3 unspecified atom stereocenters. The first-order valence-electron chi connectivity index (χ1n) is 5.58. The summed E-state index contributed by atoms with van der Waals surface area (Å²) in [5.41, 5.74) is 0. The van der Waals surface area contributed by atoms with Crippen LogP contribution in [0.1, 0.15) is 19.8 Å². The van der Waals surface area contributed by atoms with Crippen LogP contribution < -0.4 is 5.32 Å². The summed E-state index contributed by atoms with van der Waals surface area (Å²) in [6, 6.07) is 0.756. The highest BCUT2D eigenvalue weighted by Gasteiger charge is 2.31. The lowest BCUT2D eigenvalue weighted by molar-refractivity contribution is 0.436. The molecule has 0 heterocycles. The van der Waals surface area contributed by atoms with Gasteiger partial charge in [-0.25, -0.2) is 0 Å². The largest absolute Gasteiger partial charge is 0.317 e. The van der Waals surface area contributed by atoms with Gasteiger partial charge in [0.05, 0.1) is 0 Å². The van der Waals surface area contributed by atoms with Crippen LogP contribution in [-0.4, -0.2) is 49.6 Å². The second kappa shape index (κ2) is 5.99. The molecule has 14 heavy (non-hydrogen) atoms. The van der Waals surface area contributed by atoms with Gasteiger partial charge in [0.25, 0.3) is 0 Å². The maximum absolute atomic E-state index is 3.42. The van der Waals surface area contributed by atoms with Crippen LogP contribution in [0.15, 0.2) is 0 Å². The molecule has 1 aliphatic rings. The highest BCUT2D eigenvalue weighted by atomic mass is 32.2. The zero-order valence-electron chi connectivity index (χ0n) is 9.92. The quantitative estimate of drug-likeness (QED) is 0.752. The Hall–Kier alpha value is 0.270. The summed E-state index contributed by atoms with van der Waals surface area (Å²) in [7, 11) is 6.39. The van der Waals surface area contributed by atoms with E-state index in [0.717, 1.165) is 17.2 Å². The first-order chi connectivity index (χ1) is 6.65. The number of hydrogen-bond acceptors (Lipinski definition) is 3. The Labute approximate surface area is 92.8 Å². The molecule has 84 valence electrons.